The van der Waals surface area contributed by atoms with Crippen molar-refractivity contribution in [3.8, 4) is 11.8 Å². The molecule has 3 rings (SSSR count). The summed E-state index contributed by atoms with van der Waals surface area (Å²) in [6.07, 6.45) is 0.203. The molecule has 0 atom stereocenters. The summed E-state index contributed by atoms with van der Waals surface area (Å²) in [5, 5.41) is 11.8. The van der Waals surface area contributed by atoms with Gasteiger partial charge in [0, 0.05) is 17.9 Å². The molecular weight excluding hydrogens is 402 g/mol. The van der Waals surface area contributed by atoms with Crippen LogP contribution in [-0.2, 0) is 4.79 Å². The fourth-order valence-electron chi connectivity index (χ4n) is 3.38. The second-order valence-electron chi connectivity index (χ2n) is 7.40. The quantitative estimate of drug-likeness (QED) is 0.555. The van der Waals surface area contributed by atoms with E-state index in [9.17, 15) is 9.59 Å². The van der Waals surface area contributed by atoms with Gasteiger partial charge in [-0.15, -0.1) is 0 Å². The lowest BCUT2D eigenvalue weighted by Crippen LogP contribution is -2.36. The summed E-state index contributed by atoms with van der Waals surface area (Å²) >= 11 is 0. The predicted octanol–water partition coefficient (Wildman–Crippen LogP) is 4.88. The summed E-state index contributed by atoms with van der Waals surface area (Å²) in [5.41, 5.74) is 3.78. The average molecular weight is 428 g/mol. The number of anilines is 2. The number of rotatable bonds is 8. The van der Waals surface area contributed by atoms with Crippen molar-refractivity contribution in [2.24, 2.45) is 0 Å². The highest BCUT2D eigenvalue weighted by Gasteiger charge is 2.19. The molecule has 0 aromatic heterocycles. The molecule has 0 spiro atoms. The van der Waals surface area contributed by atoms with Crippen molar-refractivity contribution >= 4 is 23.2 Å². The Morgan fingerprint density at radius 1 is 0.969 bits per heavy atom. The van der Waals surface area contributed by atoms with Gasteiger partial charge < -0.3 is 15.0 Å². The molecule has 3 aromatic carbocycles. The highest BCUT2D eigenvalue weighted by molar-refractivity contribution is 6.06. The molecule has 0 aliphatic rings. The molecule has 0 bridgehead atoms. The lowest BCUT2D eigenvalue weighted by atomic mass is 10.1. The second kappa shape index (κ2) is 10.8. The number of para-hydroxylation sites is 2. The number of hydrogen-bond donors (Lipinski definition) is 1. The Balaban J connectivity index is 1.75. The number of benzene rings is 3. The van der Waals surface area contributed by atoms with E-state index >= 15 is 0 Å². The van der Waals surface area contributed by atoms with Crippen molar-refractivity contribution in [3.05, 3.63) is 89.5 Å². The number of ether oxygens (including phenoxy) is 1. The maximum absolute atomic E-state index is 13.0. The largest absolute Gasteiger partial charge is 0.483 e. The van der Waals surface area contributed by atoms with Gasteiger partial charge in [-0.25, -0.2) is 0 Å². The van der Waals surface area contributed by atoms with Gasteiger partial charge in [0.05, 0.1) is 18.1 Å². The van der Waals surface area contributed by atoms with E-state index in [1.54, 1.807) is 41.3 Å². The van der Waals surface area contributed by atoms with Crippen molar-refractivity contribution < 1.29 is 14.3 Å². The standard InChI is InChI=1S/C26H25N3O3/c1-19-15-20(2)17-22(16-19)29(14-8-13-27)25(30)18-32-24-12-7-6-11-23(24)26(31)28-21-9-4-3-5-10-21/h3-7,9-12,15-17H,8,14,18H2,1-2H3,(H,28,31). The Morgan fingerprint density at radius 3 is 2.31 bits per heavy atom. The molecule has 0 fully saturated rings. The topological polar surface area (TPSA) is 82.4 Å². The third kappa shape index (κ3) is 5.96. The minimum atomic E-state index is -0.324. The Kier molecular flexibility index (Phi) is 7.60. The zero-order valence-electron chi connectivity index (χ0n) is 18.2. The molecule has 2 amide bonds. The molecule has 162 valence electrons. The Bertz CT molecular complexity index is 1120. The first-order valence-electron chi connectivity index (χ1n) is 10.3. The lowest BCUT2D eigenvalue weighted by Gasteiger charge is -2.23. The number of aryl methyl sites for hydroxylation is 2. The van der Waals surface area contributed by atoms with Crippen LogP contribution in [0.15, 0.2) is 72.8 Å². The molecular formula is C26H25N3O3. The summed E-state index contributed by atoms with van der Waals surface area (Å²) in [6.45, 7) is 3.93. The zero-order valence-corrected chi connectivity index (χ0v) is 18.2. The number of hydrogen-bond acceptors (Lipinski definition) is 4. The summed E-state index contributed by atoms with van der Waals surface area (Å²) in [7, 11) is 0. The highest BCUT2D eigenvalue weighted by Crippen LogP contribution is 2.22. The van der Waals surface area contributed by atoms with Crippen LogP contribution in [-0.4, -0.2) is 25.0 Å². The first-order chi connectivity index (χ1) is 15.5. The Morgan fingerprint density at radius 2 is 1.62 bits per heavy atom. The maximum Gasteiger partial charge on any atom is 0.264 e. The average Bonchev–Trinajstić information content (AvgIpc) is 2.78. The third-order valence-electron chi connectivity index (χ3n) is 4.78. The number of carbonyl (C=O) groups is 2. The smallest absolute Gasteiger partial charge is 0.264 e. The third-order valence-corrected chi connectivity index (χ3v) is 4.78. The van der Waals surface area contributed by atoms with Crippen molar-refractivity contribution in [1.29, 1.82) is 5.26 Å². The van der Waals surface area contributed by atoms with Gasteiger partial charge in [0.15, 0.2) is 6.61 Å². The molecule has 6 nitrogen and oxygen atoms in total. The van der Waals surface area contributed by atoms with E-state index in [2.05, 4.69) is 11.4 Å². The molecule has 0 heterocycles. The van der Waals surface area contributed by atoms with E-state index in [0.717, 1.165) is 16.8 Å². The Labute approximate surface area is 188 Å². The van der Waals surface area contributed by atoms with Crippen LogP contribution >= 0.6 is 0 Å². The monoisotopic (exact) mass is 427 g/mol. The Hall–Kier alpha value is -4.11. The molecule has 0 aliphatic heterocycles. The number of amides is 2. The highest BCUT2D eigenvalue weighted by atomic mass is 16.5. The van der Waals surface area contributed by atoms with Crippen molar-refractivity contribution in [1.82, 2.24) is 0 Å². The summed E-state index contributed by atoms with van der Waals surface area (Å²) in [6, 6.07) is 23.8. The van der Waals surface area contributed by atoms with Crippen LogP contribution in [0.1, 0.15) is 27.9 Å². The molecule has 0 unspecified atom stereocenters. The second-order valence-corrected chi connectivity index (χ2v) is 7.40. The van der Waals surface area contributed by atoms with Gasteiger partial charge in [-0.2, -0.15) is 5.26 Å². The van der Waals surface area contributed by atoms with E-state index in [4.69, 9.17) is 10.00 Å². The van der Waals surface area contributed by atoms with Gasteiger partial charge in [0.1, 0.15) is 5.75 Å². The fourth-order valence-corrected chi connectivity index (χ4v) is 3.38. The summed E-state index contributed by atoms with van der Waals surface area (Å²) in [5.74, 6) is -0.298. The van der Waals surface area contributed by atoms with Crippen molar-refractivity contribution in [2.45, 2.75) is 20.3 Å². The summed E-state index contributed by atoms with van der Waals surface area (Å²) < 4.78 is 5.77. The molecule has 1 N–H and O–H groups in total. The number of nitrogens with zero attached hydrogens (tertiary/aromatic N) is 2. The van der Waals surface area contributed by atoms with Gasteiger partial charge in [0.25, 0.3) is 11.8 Å². The van der Waals surface area contributed by atoms with Gasteiger partial charge in [-0.3, -0.25) is 9.59 Å². The van der Waals surface area contributed by atoms with Gasteiger partial charge in [0.2, 0.25) is 0 Å². The predicted molar refractivity (Wildman–Crippen MR) is 125 cm³/mol. The number of nitrogens with one attached hydrogen (secondary N) is 1. The molecule has 0 aliphatic carbocycles. The molecule has 6 heteroatoms. The minimum absolute atomic E-state index is 0.203. The zero-order chi connectivity index (χ0) is 22.9. The van der Waals surface area contributed by atoms with Crippen LogP contribution in [0.4, 0.5) is 11.4 Å². The van der Waals surface area contributed by atoms with E-state index in [1.807, 2.05) is 50.2 Å². The molecule has 0 saturated carbocycles. The van der Waals surface area contributed by atoms with Gasteiger partial charge in [-0.1, -0.05) is 36.4 Å². The SMILES string of the molecule is Cc1cc(C)cc(N(CCC#N)C(=O)COc2ccccc2C(=O)Nc2ccccc2)c1. The van der Waals surface area contributed by atoms with Crippen LogP contribution < -0.4 is 15.0 Å². The summed E-state index contributed by atoms with van der Waals surface area (Å²) in [4.78, 5) is 27.3. The lowest BCUT2D eigenvalue weighted by molar-refractivity contribution is -0.120. The van der Waals surface area contributed by atoms with Crippen LogP contribution in [0.2, 0.25) is 0 Å². The van der Waals surface area contributed by atoms with E-state index in [1.165, 1.54) is 0 Å². The molecule has 3 aromatic rings. The first kappa shape index (κ1) is 22.6. The van der Waals surface area contributed by atoms with Crippen LogP contribution in [0.5, 0.6) is 5.75 Å². The van der Waals surface area contributed by atoms with Crippen molar-refractivity contribution in [2.75, 3.05) is 23.4 Å². The molecule has 32 heavy (non-hydrogen) atoms. The van der Waals surface area contributed by atoms with E-state index in [-0.39, 0.29) is 31.4 Å². The van der Waals surface area contributed by atoms with Crippen LogP contribution in [0.3, 0.4) is 0 Å². The minimum Gasteiger partial charge on any atom is -0.483 e. The van der Waals surface area contributed by atoms with E-state index in [0.29, 0.717) is 17.0 Å². The first-order valence-corrected chi connectivity index (χ1v) is 10.3. The number of nitriles is 1. The van der Waals surface area contributed by atoms with Gasteiger partial charge >= 0.3 is 0 Å². The fraction of sp³-hybridized carbons (Fsp3) is 0.192. The maximum atomic E-state index is 13.0. The molecule has 0 radical (unpaired) electrons. The van der Waals surface area contributed by atoms with Crippen LogP contribution in [0, 0.1) is 25.2 Å². The normalized spacial score (nSPS) is 10.2. The van der Waals surface area contributed by atoms with Crippen molar-refractivity contribution in [3.63, 3.8) is 0 Å². The number of carbonyl (C=O) groups excluding carboxylic acids is 2. The molecule has 0 saturated heterocycles. The van der Waals surface area contributed by atoms with E-state index < -0.39 is 0 Å². The van der Waals surface area contributed by atoms with Gasteiger partial charge in [-0.05, 0) is 61.4 Å². The van der Waals surface area contributed by atoms with Crippen LogP contribution in [0.25, 0.3) is 0 Å².